The Morgan fingerprint density at radius 2 is 2.07 bits per heavy atom. The second-order valence-electron chi connectivity index (χ2n) is 6.91. The molecule has 1 aliphatic rings. The van der Waals surface area contributed by atoms with Gasteiger partial charge in [0.15, 0.2) is 0 Å². The Hall–Kier alpha value is -2.61. The van der Waals surface area contributed by atoms with E-state index >= 15 is 0 Å². The second-order valence-corrected chi connectivity index (χ2v) is 6.91. The van der Waals surface area contributed by atoms with Crippen LogP contribution in [0.3, 0.4) is 0 Å². The van der Waals surface area contributed by atoms with Crippen LogP contribution in [0.15, 0.2) is 30.6 Å². The fraction of sp³-hybridized carbons (Fsp3) is 0.550. The predicted molar refractivity (Wildman–Crippen MR) is 108 cm³/mol. The van der Waals surface area contributed by atoms with Gasteiger partial charge in [0, 0.05) is 18.8 Å². The average Bonchev–Trinajstić information content (AvgIpc) is 3.27. The van der Waals surface area contributed by atoms with Gasteiger partial charge in [-0.15, -0.1) is 0 Å². The zero-order valence-electron chi connectivity index (χ0n) is 16.7. The number of likely N-dealkylation sites (tertiary alicyclic amines) is 1. The number of hydrogen-bond donors (Lipinski definition) is 2. The summed E-state index contributed by atoms with van der Waals surface area (Å²) in [6.07, 6.45) is 4.45. The number of hydrogen-bond acceptors (Lipinski definition) is 5. The van der Waals surface area contributed by atoms with E-state index in [9.17, 15) is 4.79 Å². The quantitative estimate of drug-likeness (QED) is 0.727. The van der Waals surface area contributed by atoms with Gasteiger partial charge in [-0.3, -0.25) is 5.10 Å². The van der Waals surface area contributed by atoms with E-state index in [4.69, 9.17) is 4.74 Å². The van der Waals surface area contributed by atoms with Gasteiger partial charge in [0.05, 0.1) is 6.04 Å². The standard InChI is InChI=1S/C20H30N6O2/c1-3-25(4-2)13-14-28-17-10-8-16(9-11-17)23-20(27)26-12-6-5-7-18(26)19-21-15-22-24-19/h8-11,15,18H,3-7,12-14H2,1-2H3,(H,23,27)(H,21,22,24). The number of ether oxygens (including phenoxy) is 1. The van der Waals surface area contributed by atoms with E-state index in [0.717, 1.165) is 56.2 Å². The Kier molecular flexibility index (Phi) is 7.25. The molecule has 0 spiro atoms. The van der Waals surface area contributed by atoms with Gasteiger partial charge in [0.25, 0.3) is 0 Å². The van der Waals surface area contributed by atoms with Crippen LogP contribution in [0.2, 0.25) is 0 Å². The third-order valence-corrected chi connectivity index (χ3v) is 5.19. The van der Waals surface area contributed by atoms with Gasteiger partial charge in [0.1, 0.15) is 24.5 Å². The lowest BCUT2D eigenvalue weighted by atomic mass is 10.0. The van der Waals surface area contributed by atoms with Crippen molar-refractivity contribution in [3.8, 4) is 5.75 Å². The van der Waals surface area contributed by atoms with Crippen LogP contribution in [0.5, 0.6) is 5.75 Å². The number of carbonyl (C=O) groups excluding carboxylic acids is 1. The van der Waals surface area contributed by atoms with Crippen molar-refractivity contribution < 1.29 is 9.53 Å². The number of amides is 2. The first kappa shape index (κ1) is 20.1. The summed E-state index contributed by atoms with van der Waals surface area (Å²) in [6, 6.07) is 7.36. The fourth-order valence-electron chi connectivity index (χ4n) is 3.50. The minimum absolute atomic E-state index is 0.0565. The molecule has 0 radical (unpaired) electrons. The zero-order valence-corrected chi connectivity index (χ0v) is 16.7. The van der Waals surface area contributed by atoms with Crippen LogP contribution in [-0.4, -0.2) is 63.8 Å². The van der Waals surface area contributed by atoms with Crippen LogP contribution in [-0.2, 0) is 0 Å². The van der Waals surface area contributed by atoms with E-state index in [1.54, 1.807) is 0 Å². The third-order valence-electron chi connectivity index (χ3n) is 5.19. The Labute approximate surface area is 166 Å². The number of aromatic amines is 1. The topological polar surface area (TPSA) is 86.4 Å². The first-order valence-electron chi connectivity index (χ1n) is 10.1. The van der Waals surface area contributed by atoms with E-state index in [-0.39, 0.29) is 12.1 Å². The molecule has 0 bridgehead atoms. The second kappa shape index (κ2) is 10.1. The summed E-state index contributed by atoms with van der Waals surface area (Å²) in [5.41, 5.74) is 0.753. The van der Waals surface area contributed by atoms with Crippen LogP contribution in [0.4, 0.5) is 10.5 Å². The maximum atomic E-state index is 12.8. The molecular weight excluding hydrogens is 356 g/mol. The van der Waals surface area contributed by atoms with E-state index in [1.165, 1.54) is 6.33 Å². The lowest BCUT2D eigenvalue weighted by Gasteiger charge is -2.34. The molecule has 28 heavy (non-hydrogen) atoms. The first-order valence-corrected chi connectivity index (χ1v) is 10.1. The highest BCUT2D eigenvalue weighted by Gasteiger charge is 2.29. The molecular formula is C20H30N6O2. The maximum Gasteiger partial charge on any atom is 0.322 e. The summed E-state index contributed by atoms with van der Waals surface area (Å²) >= 11 is 0. The number of nitrogens with zero attached hydrogens (tertiary/aromatic N) is 4. The van der Waals surface area contributed by atoms with E-state index < -0.39 is 0 Å². The van der Waals surface area contributed by atoms with Crippen LogP contribution in [0, 0.1) is 0 Å². The largest absolute Gasteiger partial charge is 0.492 e. The molecule has 1 atom stereocenters. The van der Waals surface area contributed by atoms with Gasteiger partial charge in [0.2, 0.25) is 0 Å². The number of nitrogens with one attached hydrogen (secondary N) is 2. The molecule has 1 saturated heterocycles. The van der Waals surface area contributed by atoms with Gasteiger partial charge in [-0.05, 0) is 56.6 Å². The highest BCUT2D eigenvalue weighted by molar-refractivity contribution is 5.89. The highest BCUT2D eigenvalue weighted by Crippen LogP contribution is 2.29. The lowest BCUT2D eigenvalue weighted by Crippen LogP contribution is -2.41. The van der Waals surface area contributed by atoms with Gasteiger partial charge in [-0.2, -0.15) is 5.10 Å². The van der Waals surface area contributed by atoms with Crippen molar-refractivity contribution in [2.75, 3.05) is 38.1 Å². The number of H-pyrrole nitrogens is 1. The van der Waals surface area contributed by atoms with Gasteiger partial charge < -0.3 is 19.9 Å². The molecule has 1 aliphatic heterocycles. The minimum atomic E-state index is -0.115. The monoisotopic (exact) mass is 386 g/mol. The molecule has 2 N–H and O–H groups in total. The molecule has 152 valence electrons. The lowest BCUT2D eigenvalue weighted by molar-refractivity contribution is 0.159. The van der Waals surface area contributed by atoms with E-state index in [1.807, 2.05) is 29.2 Å². The number of anilines is 1. The SMILES string of the molecule is CCN(CC)CCOc1ccc(NC(=O)N2CCCCC2c2ncn[nH]2)cc1. The van der Waals surface area contributed by atoms with Gasteiger partial charge in [-0.25, -0.2) is 9.78 Å². The van der Waals surface area contributed by atoms with Crippen LogP contribution in [0.1, 0.15) is 45.0 Å². The normalized spacial score (nSPS) is 17.0. The van der Waals surface area contributed by atoms with Crippen LogP contribution < -0.4 is 10.1 Å². The van der Waals surface area contributed by atoms with Crippen molar-refractivity contribution >= 4 is 11.7 Å². The number of aromatic nitrogens is 3. The third kappa shape index (κ3) is 5.22. The molecule has 1 fully saturated rings. The predicted octanol–water partition coefficient (Wildman–Crippen LogP) is 3.28. The van der Waals surface area contributed by atoms with Crippen molar-refractivity contribution in [2.45, 2.75) is 39.2 Å². The van der Waals surface area contributed by atoms with Gasteiger partial charge >= 0.3 is 6.03 Å². The summed E-state index contributed by atoms with van der Waals surface area (Å²) in [6.45, 7) is 8.62. The number of urea groups is 1. The fourth-order valence-corrected chi connectivity index (χ4v) is 3.50. The summed E-state index contributed by atoms with van der Waals surface area (Å²) < 4.78 is 5.80. The zero-order chi connectivity index (χ0) is 19.8. The molecule has 0 aliphatic carbocycles. The molecule has 2 amide bonds. The molecule has 1 unspecified atom stereocenters. The highest BCUT2D eigenvalue weighted by atomic mass is 16.5. The number of piperidine rings is 1. The summed E-state index contributed by atoms with van der Waals surface area (Å²) in [7, 11) is 0. The Morgan fingerprint density at radius 1 is 1.29 bits per heavy atom. The molecule has 8 nitrogen and oxygen atoms in total. The first-order chi connectivity index (χ1) is 13.7. The Bertz CT molecular complexity index is 715. The molecule has 8 heteroatoms. The van der Waals surface area contributed by atoms with E-state index in [0.29, 0.717) is 13.2 Å². The summed E-state index contributed by atoms with van der Waals surface area (Å²) in [5, 5.41) is 9.80. The summed E-state index contributed by atoms with van der Waals surface area (Å²) in [5.74, 6) is 1.55. The number of likely N-dealkylation sites (N-methyl/N-ethyl adjacent to an activating group) is 1. The minimum Gasteiger partial charge on any atom is -0.492 e. The number of carbonyl (C=O) groups is 1. The van der Waals surface area contributed by atoms with E-state index in [2.05, 4.69) is 39.2 Å². The average molecular weight is 387 g/mol. The number of rotatable bonds is 8. The molecule has 3 rings (SSSR count). The van der Waals surface area contributed by atoms with Gasteiger partial charge in [-0.1, -0.05) is 13.8 Å². The molecule has 1 aromatic heterocycles. The Morgan fingerprint density at radius 3 is 2.75 bits per heavy atom. The smallest absolute Gasteiger partial charge is 0.322 e. The molecule has 0 saturated carbocycles. The van der Waals surface area contributed by atoms with Crippen molar-refractivity contribution in [1.29, 1.82) is 0 Å². The van der Waals surface area contributed by atoms with Crippen molar-refractivity contribution in [1.82, 2.24) is 25.0 Å². The molecule has 2 aromatic rings. The maximum absolute atomic E-state index is 12.8. The Balaban J connectivity index is 1.53. The van der Waals surface area contributed by atoms with Crippen LogP contribution >= 0.6 is 0 Å². The van der Waals surface area contributed by atoms with Crippen molar-refractivity contribution in [3.05, 3.63) is 36.4 Å². The van der Waals surface area contributed by atoms with Crippen LogP contribution in [0.25, 0.3) is 0 Å². The molecule has 2 heterocycles. The van der Waals surface area contributed by atoms with Crippen molar-refractivity contribution in [2.24, 2.45) is 0 Å². The number of benzene rings is 1. The molecule has 1 aromatic carbocycles. The van der Waals surface area contributed by atoms with Crippen molar-refractivity contribution in [3.63, 3.8) is 0 Å². The summed E-state index contributed by atoms with van der Waals surface area (Å²) in [4.78, 5) is 21.2.